The van der Waals surface area contributed by atoms with Gasteiger partial charge in [0, 0.05) is 37.9 Å². The van der Waals surface area contributed by atoms with Gasteiger partial charge in [-0.15, -0.1) is 0 Å². The van der Waals surface area contributed by atoms with Crippen molar-refractivity contribution in [2.75, 3.05) is 26.4 Å². The highest BCUT2D eigenvalue weighted by atomic mass is 16.8. The van der Waals surface area contributed by atoms with E-state index in [-0.39, 0.29) is 56.2 Å². The van der Waals surface area contributed by atoms with Crippen molar-refractivity contribution >= 4 is 17.6 Å². The number of unbranched alkanes of at least 4 members (excludes halogenated alkanes) is 1. The molecule has 0 radical (unpaired) electrons. The van der Waals surface area contributed by atoms with Gasteiger partial charge in [-0.25, -0.2) is 0 Å². The van der Waals surface area contributed by atoms with Crippen molar-refractivity contribution in [3.63, 3.8) is 0 Å². The molecule has 9 N–H and O–H groups in total. The van der Waals surface area contributed by atoms with Crippen molar-refractivity contribution in [1.29, 1.82) is 0 Å². The first kappa shape index (κ1) is 43.7. The minimum atomic E-state index is -1.85. The zero-order valence-corrected chi connectivity index (χ0v) is 29.5. The quantitative estimate of drug-likeness (QED) is 0.0237. The highest BCUT2D eigenvalue weighted by Crippen LogP contribution is 2.33. The Morgan fingerprint density at radius 3 is 2.11 bits per heavy atom. The Labute approximate surface area is 309 Å². The number of nitrogens with one attached hydrogen (secondary N) is 1. The molecule has 14 atom stereocenters. The number of esters is 1. The smallest absolute Gasteiger partial charge is 0.311 e. The summed E-state index contributed by atoms with van der Waals surface area (Å²) in [6.45, 7) is 0.111. The molecule has 0 aliphatic carbocycles. The van der Waals surface area contributed by atoms with E-state index in [0.717, 1.165) is 0 Å². The number of hydrogen-bond acceptors (Lipinski definition) is 19. The third-order valence-electron chi connectivity index (χ3n) is 9.16. The van der Waals surface area contributed by atoms with Crippen LogP contribution in [0.1, 0.15) is 45.4 Å². The van der Waals surface area contributed by atoms with Crippen LogP contribution < -0.4 is 10.1 Å². The standard InChI is InChI=1S/C33H50N2O19/c1-16-25(41)19(38)13-24(49-16)53-31-30(54-32-29(45)28(44)26(42)20(14-36)51-32)27(43)21(15-37)52-33(31)48-12-4-11-34-22(39)5-2-3-6-23(40)50-18-9-7-17(8-10-18)35(46)47/h7-10,16,19-21,24-33,36-38,41-45H,2-6,11-15H2,1H3,(H,34,39)/t16?,19-,20?,21?,24+,25-,26+,27+,28+,29?,30?,31+,32-,33-/m1/s1. The number of rotatable bonds is 18. The Bertz CT molecular complexity index is 1330. The van der Waals surface area contributed by atoms with Gasteiger partial charge >= 0.3 is 5.97 Å². The van der Waals surface area contributed by atoms with Crippen molar-refractivity contribution in [2.24, 2.45) is 0 Å². The third-order valence-corrected chi connectivity index (χ3v) is 9.16. The molecule has 3 saturated heterocycles. The molecular formula is C33H50N2O19. The number of aliphatic hydroxyl groups excluding tert-OH is 8. The Hall–Kier alpha value is -3.00. The molecule has 1 aromatic rings. The van der Waals surface area contributed by atoms with Gasteiger partial charge in [0.25, 0.3) is 5.69 Å². The number of aliphatic hydroxyl groups is 8. The van der Waals surface area contributed by atoms with E-state index >= 15 is 0 Å². The number of carbonyl (C=O) groups is 2. The lowest BCUT2D eigenvalue weighted by atomic mass is 9.96. The van der Waals surface area contributed by atoms with Crippen LogP contribution in [0.25, 0.3) is 0 Å². The predicted octanol–water partition coefficient (Wildman–Crippen LogP) is -2.91. The van der Waals surface area contributed by atoms with Crippen LogP contribution in [0, 0.1) is 10.1 Å². The van der Waals surface area contributed by atoms with Crippen molar-refractivity contribution in [3.05, 3.63) is 34.4 Å². The fourth-order valence-corrected chi connectivity index (χ4v) is 6.06. The van der Waals surface area contributed by atoms with Gasteiger partial charge in [0.1, 0.15) is 60.7 Å². The average Bonchev–Trinajstić information content (AvgIpc) is 3.14. The van der Waals surface area contributed by atoms with Gasteiger partial charge in [-0.3, -0.25) is 19.7 Å². The molecule has 21 heteroatoms. The molecule has 0 aromatic heterocycles. The van der Waals surface area contributed by atoms with Gasteiger partial charge in [0.05, 0.1) is 37.0 Å². The number of carbonyl (C=O) groups excluding carboxylic acids is 2. The monoisotopic (exact) mass is 778 g/mol. The van der Waals surface area contributed by atoms with E-state index in [1.807, 2.05) is 0 Å². The molecule has 3 fully saturated rings. The fraction of sp³-hybridized carbons (Fsp3) is 0.758. The summed E-state index contributed by atoms with van der Waals surface area (Å²) in [5.74, 6) is -0.684. The lowest BCUT2D eigenvalue weighted by Crippen LogP contribution is -2.66. The number of nitro groups is 1. The molecule has 5 unspecified atom stereocenters. The molecule has 3 aliphatic heterocycles. The first-order chi connectivity index (χ1) is 25.7. The summed E-state index contributed by atoms with van der Waals surface area (Å²) in [4.78, 5) is 34.6. The second-order valence-electron chi connectivity index (χ2n) is 13.2. The van der Waals surface area contributed by atoms with E-state index in [1.54, 1.807) is 0 Å². The molecule has 3 aliphatic rings. The highest BCUT2D eigenvalue weighted by Gasteiger charge is 2.53. The number of nitro benzene ring substituents is 1. The maximum atomic E-state index is 12.4. The number of non-ortho nitro benzene ring substituents is 1. The summed E-state index contributed by atoms with van der Waals surface area (Å²) in [5, 5.41) is 95.8. The SMILES string of the molecule is CC1O[C@@H](O[C@H]2C(O[C@H]3OC(CO)[C@H](O)[C@H](O)C3O)[C@@H](O)C(CO)O[C@H]2OCCCNC(=O)CCCCC(=O)Oc2ccc([N+](=O)[O-])cc2)C[C@@H](O)[C@@H]1O. The van der Waals surface area contributed by atoms with Crippen LogP contribution in [0.4, 0.5) is 5.69 Å². The lowest BCUT2D eigenvalue weighted by Gasteiger charge is -2.48. The van der Waals surface area contributed by atoms with Crippen LogP contribution >= 0.6 is 0 Å². The summed E-state index contributed by atoms with van der Waals surface area (Å²) in [6, 6.07) is 5.06. The summed E-state index contributed by atoms with van der Waals surface area (Å²) >= 11 is 0. The number of amides is 1. The van der Waals surface area contributed by atoms with Crippen molar-refractivity contribution in [2.45, 2.75) is 131 Å². The number of hydrogen-bond donors (Lipinski definition) is 9. The zero-order chi connectivity index (χ0) is 39.5. The molecular weight excluding hydrogens is 728 g/mol. The van der Waals surface area contributed by atoms with Gasteiger partial charge in [-0.1, -0.05) is 0 Å². The van der Waals surface area contributed by atoms with Gasteiger partial charge < -0.3 is 79.3 Å². The van der Waals surface area contributed by atoms with Crippen LogP contribution in [0.3, 0.4) is 0 Å². The Balaban J connectivity index is 1.29. The molecule has 21 nitrogen and oxygen atoms in total. The summed E-state index contributed by atoms with van der Waals surface area (Å²) in [5.41, 5.74) is -0.139. The predicted molar refractivity (Wildman–Crippen MR) is 177 cm³/mol. The van der Waals surface area contributed by atoms with E-state index in [4.69, 9.17) is 33.2 Å². The first-order valence-electron chi connectivity index (χ1n) is 17.6. The topological polar surface area (TPSA) is 316 Å². The number of nitrogens with zero attached hydrogens (tertiary/aromatic N) is 1. The van der Waals surface area contributed by atoms with Crippen molar-refractivity contribution in [1.82, 2.24) is 5.32 Å². The molecule has 54 heavy (non-hydrogen) atoms. The van der Waals surface area contributed by atoms with Gasteiger partial charge in [-0.05, 0) is 38.3 Å². The molecule has 1 aromatic carbocycles. The van der Waals surface area contributed by atoms with E-state index in [2.05, 4.69) is 5.32 Å². The van der Waals surface area contributed by atoms with Crippen LogP contribution in [-0.2, 0) is 38.0 Å². The molecule has 0 bridgehead atoms. The largest absolute Gasteiger partial charge is 0.427 e. The molecule has 3 heterocycles. The third kappa shape index (κ3) is 11.8. The maximum absolute atomic E-state index is 12.4. The Morgan fingerprint density at radius 1 is 0.815 bits per heavy atom. The van der Waals surface area contributed by atoms with Gasteiger partial charge in [0.15, 0.2) is 18.9 Å². The minimum absolute atomic E-state index is 0.0255. The van der Waals surface area contributed by atoms with E-state index < -0.39 is 110 Å². The van der Waals surface area contributed by atoms with E-state index in [9.17, 15) is 60.6 Å². The summed E-state index contributed by atoms with van der Waals surface area (Å²) < 4.78 is 39.9. The van der Waals surface area contributed by atoms with Crippen LogP contribution in [-0.4, -0.2) is 170 Å². The molecule has 0 saturated carbocycles. The van der Waals surface area contributed by atoms with Crippen molar-refractivity contribution in [3.8, 4) is 5.75 Å². The highest BCUT2D eigenvalue weighted by molar-refractivity contribution is 5.76. The molecule has 4 rings (SSSR count). The number of ether oxygens (including phenoxy) is 7. The second kappa shape index (κ2) is 20.8. The molecule has 306 valence electrons. The maximum Gasteiger partial charge on any atom is 0.311 e. The Kier molecular flexibility index (Phi) is 16.8. The molecule has 0 spiro atoms. The van der Waals surface area contributed by atoms with E-state index in [1.165, 1.54) is 31.2 Å². The van der Waals surface area contributed by atoms with Gasteiger partial charge in [0.2, 0.25) is 5.91 Å². The van der Waals surface area contributed by atoms with E-state index in [0.29, 0.717) is 12.8 Å². The summed E-state index contributed by atoms with van der Waals surface area (Å²) in [6.07, 6.45) is -19.4. The van der Waals surface area contributed by atoms with Crippen LogP contribution in [0.2, 0.25) is 0 Å². The first-order valence-corrected chi connectivity index (χ1v) is 17.6. The zero-order valence-electron chi connectivity index (χ0n) is 29.5. The fourth-order valence-electron chi connectivity index (χ4n) is 6.06. The van der Waals surface area contributed by atoms with Crippen molar-refractivity contribution < 1.29 is 88.5 Å². The number of benzene rings is 1. The second-order valence-corrected chi connectivity index (χ2v) is 13.2. The Morgan fingerprint density at radius 2 is 1.46 bits per heavy atom. The minimum Gasteiger partial charge on any atom is -0.427 e. The summed E-state index contributed by atoms with van der Waals surface area (Å²) in [7, 11) is 0. The van der Waals surface area contributed by atoms with Gasteiger partial charge in [-0.2, -0.15) is 0 Å². The van der Waals surface area contributed by atoms with Crippen LogP contribution in [0.15, 0.2) is 24.3 Å². The lowest BCUT2D eigenvalue weighted by molar-refractivity contribution is -0.384. The average molecular weight is 779 g/mol. The normalized spacial score (nSPS) is 35.6. The van der Waals surface area contributed by atoms with Crippen LogP contribution in [0.5, 0.6) is 5.75 Å². The molecule has 1 amide bonds.